The fourth-order valence-corrected chi connectivity index (χ4v) is 3.19. The van der Waals surface area contributed by atoms with Crippen molar-refractivity contribution in [1.29, 1.82) is 0 Å². The van der Waals surface area contributed by atoms with Gasteiger partial charge in [0.15, 0.2) is 6.29 Å². The van der Waals surface area contributed by atoms with Crippen LogP contribution in [-0.4, -0.2) is 41.4 Å². The van der Waals surface area contributed by atoms with Crippen LogP contribution in [0.4, 0.5) is 0 Å². The Bertz CT molecular complexity index is 919. The van der Waals surface area contributed by atoms with Gasteiger partial charge in [0.05, 0.1) is 17.9 Å². The molecule has 0 unspecified atom stereocenters. The Kier molecular flexibility index (Phi) is 6.57. The topological polar surface area (TPSA) is 76.4 Å². The molecule has 0 aliphatic rings. The quantitative estimate of drug-likeness (QED) is 0.442. The molecule has 3 aromatic rings. The first-order chi connectivity index (χ1) is 13.7. The van der Waals surface area contributed by atoms with Gasteiger partial charge >= 0.3 is 0 Å². The maximum absolute atomic E-state index is 11.6. The molecule has 0 amide bonds. The summed E-state index contributed by atoms with van der Waals surface area (Å²) in [5.74, 6) is 0.475. The van der Waals surface area contributed by atoms with Gasteiger partial charge in [-0.25, -0.2) is 4.68 Å². The number of aldehydes is 1. The van der Waals surface area contributed by atoms with Crippen molar-refractivity contribution >= 4 is 6.29 Å². The zero-order chi connectivity index (χ0) is 19.9. The molecule has 1 aromatic heterocycles. The minimum atomic E-state index is -0.173. The summed E-state index contributed by atoms with van der Waals surface area (Å²) in [5.41, 5.74) is 5.19. The van der Waals surface area contributed by atoms with Crippen LogP contribution in [0.3, 0.4) is 0 Å². The molecular formula is C22H25N3O3. The number of carbonyl (C=O) groups is 1. The SMILES string of the molecule is CNCCOc1c(C=O)cc(Cc2ccc(-n3cccn3)cc2)c(C)c1CO. The van der Waals surface area contributed by atoms with Crippen LogP contribution in [0, 0.1) is 6.92 Å². The van der Waals surface area contributed by atoms with Gasteiger partial charge < -0.3 is 15.2 Å². The van der Waals surface area contributed by atoms with E-state index in [0.29, 0.717) is 36.4 Å². The molecule has 146 valence electrons. The van der Waals surface area contributed by atoms with Crippen molar-refractivity contribution in [3.8, 4) is 11.4 Å². The van der Waals surface area contributed by atoms with Gasteiger partial charge in [-0.1, -0.05) is 12.1 Å². The third-order valence-corrected chi connectivity index (χ3v) is 4.78. The van der Waals surface area contributed by atoms with E-state index in [9.17, 15) is 9.90 Å². The molecule has 28 heavy (non-hydrogen) atoms. The van der Waals surface area contributed by atoms with Crippen LogP contribution in [-0.2, 0) is 13.0 Å². The van der Waals surface area contributed by atoms with Crippen molar-refractivity contribution in [1.82, 2.24) is 15.1 Å². The number of aliphatic hydroxyl groups excluding tert-OH is 1. The average molecular weight is 379 g/mol. The Balaban J connectivity index is 1.88. The number of rotatable bonds is 9. The fourth-order valence-electron chi connectivity index (χ4n) is 3.19. The Labute approximate surface area is 164 Å². The molecule has 3 rings (SSSR count). The second-order valence-electron chi connectivity index (χ2n) is 6.58. The molecule has 6 nitrogen and oxygen atoms in total. The highest BCUT2D eigenvalue weighted by Crippen LogP contribution is 2.31. The minimum Gasteiger partial charge on any atom is -0.491 e. The molecule has 2 N–H and O–H groups in total. The lowest BCUT2D eigenvalue weighted by molar-refractivity contribution is 0.111. The van der Waals surface area contributed by atoms with E-state index in [1.807, 2.05) is 56.6 Å². The molecule has 0 fully saturated rings. The van der Waals surface area contributed by atoms with Crippen LogP contribution in [0.5, 0.6) is 5.75 Å². The highest BCUT2D eigenvalue weighted by atomic mass is 16.5. The summed E-state index contributed by atoms with van der Waals surface area (Å²) in [6.45, 7) is 2.87. The number of likely N-dealkylation sites (N-methyl/N-ethyl adjacent to an activating group) is 1. The predicted molar refractivity (Wildman–Crippen MR) is 108 cm³/mol. The number of ether oxygens (including phenoxy) is 1. The van der Waals surface area contributed by atoms with Gasteiger partial charge in [0.2, 0.25) is 0 Å². The van der Waals surface area contributed by atoms with Crippen LogP contribution in [0.2, 0.25) is 0 Å². The number of hydrogen-bond acceptors (Lipinski definition) is 5. The summed E-state index contributed by atoms with van der Waals surface area (Å²) in [6.07, 6.45) is 5.10. The average Bonchev–Trinajstić information content (AvgIpc) is 3.25. The highest BCUT2D eigenvalue weighted by Gasteiger charge is 2.16. The maximum Gasteiger partial charge on any atom is 0.153 e. The molecule has 0 radical (unpaired) electrons. The number of benzene rings is 2. The van der Waals surface area contributed by atoms with Crippen LogP contribution < -0.4 is 10.1 Å². The van der Waals surface area contributed by atoms with Crippen LogP contribution in [0.1, 0.15) is 32.6 Å². The van der Waals surface area contributed by atoms with Crippen molar-refractivity contribution < 1.29 is 14.6 Å². The van der Waals surface area contributed by atoms with Crippen LogP contribution in [0.15, 0.2) is 48.8 Å². The van der Waals surface area contributed by atoms with E-state index in [2.05, 4.69) is 10.4 Å². The first-order valence-corrected chi connectivity index (χ1v) is 9.25. The predicted octanol–water partition coefficient (Wildman–Crippen LogP) is 2.67. The third kappa shape index (κ3) is 4.30. The lowest BCUT2D eigenvalue weighted by Gasteiger charge is -2.18. The summed E-state index contributed by atoms with van der Waals surface area (Å²) < 4.78 is 7.58. The monoisotopic (exact) mass is 379 g/mol. The number of aliphatic hydroxyl groups is 1. The number of nitrogens with one attached hydrogen (secondary N) is 1. The van der Waals surface area contributed by atoms with Gasteiger partial charge in [0.25, 0.3) is 0 Å². The first kappa shape index (κ1) is 19.8. The molecule has 6 heteroatoms. The zero-order valence-corrected chi connectivity index (χ0v) is 16.2. The lowest BCUT2D eigenvalue weighted by atomic mass is 9.93. The number of hydrogen-bond donors (Lipinski definition) is 2. The summed E-state index contributed by atoms with van der Waals surface area (Å²) in [7, 11) is 1.84. The van der Waals surface area contributed by atoms with Gasteiger partial charge in [-0.15, -0.1) is 0 Å². The van der Waals surface area contributed by atoms with Gasteiger partial charge in [-0.3, -0.25) is 4.79 Å². The Morgan fingerprint density at radius 1 is 1.29 bits per heavy atom. The van der Waals surface area contributed by atoms with Gasteiger partial charge in [0.1, 0.15) is 12.4 Å². The second-order valence-corrected chi connectivity index (χ2v) is 6.58. The van der Waals surface area contributed by atoms with E-state index >= 15 is 0 Å². The zero-order valence-electron chi connectivity index (χ0n) is 16.2. The highest BCUT2D eigenvalue weighted by molar-refractivity contribution is 5.81. The van der Waals surface area contributed by atoms with Gasteiger partial charge in [-0.2, -0.15) is 5.10 Å². The van der Waals surface area contributed by atoms with Crippen LogP contribution >= 0.6 is 0 Å². The summed E-state index contributed by atoms with van der Waals surface area (Å²) >= 11 is 0. The lowest BCUT2D eigenvalue weighted by Crippen LogP contribution is -2.17. The van der Waals surface area contributed by atoms with Crippen molar-refractivity contribution in [2.24, 2.45) is 0 Å². The molecule has 0 aliphatic heterocycles. The third-order valence-electron chi connectivity index (χ3n) is 4.78. The summed E-state index contributed by atoms with van der Waals surface area (Å²) in [4.78, 5) is 11.6. The van der Waals surface area contributed by atoms with E-state index in [1.54, 1.807) is 10.9 Å². The number of aromatic nitrogens is 2. The Hall–Kier alpha value is -2.96. The molecule has 1 heterocycles. The summed E-state index contributed by atoms with van der Waals surface area (Å²) in [5, 5.41) is 17.1. The molecule has 2 aromatic carbocycles. The number of carbonyl (C=O) groups excluding carboxylic acids is 1. The van der Waals surface area contributed by atoms with E-state index in [4.69, 9.17) is 4.74 Å². The molecule has 0 aliphatic carbocycles. The molecule has 0 saturated heterocycles. The molecule has 0 bridgehead atoms. The summed E-state index contributed by atoms with van der Waals surface area (Å²) in [6, 6.07) is 11.9. The Morgan fingerprint density at radius 3 is 2.68 bits per heavy atom. The van der Waals surface area contributed by atoms with E-state index < -0.39 is 0 Å². The number of nitrogens with zero attached hydrogens (tertiary/aromatic N) is 2. The Morgan fingerprint density at radius 2 is 2.07 bits per heavy atom. The van der Waals surface area contributed by atoms with Gasteiger partial charge in [0, 0.05) is 24.5 Å². The van der Waals surface area contributed by atoms with E-state index in [1.165, 1.54) is 0 Å². The van der Waals surface area contributed by atoms with Gasteiger partial charge in [-0.05, 0) is 61.3 Å². The standard InChI is InChI=1S/C22H25N3O3/c1-16-18(12-17-4-6-20(7-5-17)25-10-3-8-24-25)13-19(14-26)22(21(16)15-27)28-11-9-23-2/h3-8,10,13-14,23,27H,9,11-12,15H2,1-2H3. The second kappa shape index (κ2) is 9.30. The van der Waals surface area contributed by atoms with Crippen molar-refractivity contribution in [3.63, 3.8) is 0 Å². The van der Waals surface area contributed by atoms with Crippen molar-refractivity contribution in [3.05, 3.63) is 76.6 Å². The smallest absolute Gasteiger partial charge is 0.153 e. The van der Waals surface area contributed by atoms with Crippen molar-refractivity contribution in [2.75, 3.05) is 20.2 Å². The minimum absolute atomic E-state index is 0.173. The largest absolute Gasteiger partial charge is 0.491 e. The molecule has 0 spiro atoms. The first-order valence-electron chi connectivity index (χ1n) is 9.25. The van der Waals surface area contributed by atoms with Crippen molar-refractivity contribution in [2.45, 2.75) is 20.0 Å². The van der Waals surface area contributed by atoms with E-state index in [-0.39, 0.29) is 6.61 Å². The normalized spacial score (nSPS) is 10.8. The van der Waals surface area contributed by atoms with Crippen LogP contribution in [0.25, 0.3) is 5.69 Å². The molecule has 0 atom stereocenters. The molecular weight excluding hydrogens is 354 g/mol. The van der Waals surface area contributed by atoms with E-state index in [0.717, 1.165) is 28.7 Å². The maximum atomic E-state index is 11.6. The fraction of sp³-hybridized carbons (Fsp3) is 0.273. The molecule has 0 saturated carbocycles.